The predicted molar refractivity (Wildman–Crippen MR) is 59.8 cm³/mol. The monoisotopic (exact) mass is 186 g/mol. The third kappa shape index (κ3) is 1.25. The molecule has 2 aromatic rings. The summed E-state index contributed by atoms with van der Waals surface area (Å²) in [4.78, 5) is 0. The van der Waals surface area contributed by atoms with Crippen LogP contribution in [-0.4, -0.2) is 5.11 Å². The van der Waals surface area contributed by atoms with Gasteiger partial charge < -0.3 is 5.11 Å². The van der Waals surface area contributed by atoms with Crippen LogP contribution in [0.3, 0.4) is 0 Å². The fraction of sp³-hybridized carbons (Fsp3) is 0.231. The van der Waals surface area contributed by atoms with E-state index in [1.165, 1.54) is 5.56 Å². The van der Waals surface area contributed by atoms with Gasteiger partial charge in [0.2, 0.25) is 0 Å². The Bertz CT molecular complexity index is 498. The van der Waals surface area contributed by atoms with Gasteiger partial charge in [-0.15, -0.1) is 0 Å². The molecule has 1 heteroatoms. The first-order valence-corrected chi connectivity index (χ1v) is 4.79. The normalized spacial score (nSPS) is 10.8. The van der Waals surface area contributed by atoms with Crippen molar-refractivity contribution in [1.82, 2.24) is 0 Å². The molecule has 0 bridgehead atoms. The lowest BCUT2D eigenvalue weighted by molar-refractivity contribution is 0.477. The number of aryl methyl sites for hydroxylation is 2. The van der Waals surface area contributed by atoms with Crippen molar-refractivity contribution in [2.24, 2.45) is 0 Å². The molecule has 0 aliphatic rings. The molecule has 2 rings (SSSR count). The zero-order valence-electron chi connectivity index (χ0n) is 8.76. The minimum atomic E-state index is 0.420. The Balaban J connectivity index is 2.92. The highest BCUT2D eigenvalue weighted by Crippen LogP contribution is 2.31. The van der Waals surface area contributed by atoms with E-state index in [0.717, 1.165) is 21.9 Å². The molecule has 0 unspecified atom stereocenters. The maximum absolute atomic E-state index is 9.96. The van der Waals surface area contributed by atoms with E-state index in [0.29, 0.717) is 5.75 Å². The zero-order valence-corrected chi connectivity index (χ0v) is 8.76. The lowest BCUT2D eigenvalue weighted by Gasteiger charge is -2.08. The molecular formula is C13H14O. The largest absolute Gasteiger partial charge is 0.507 e. The van der Waals surface area contributed by atoms with Crippen LogP contribution in [0.2, 0.25) is 0 Å². The van der Waals surface area contributed by atoms with Crippen molar-refractivity contribution in [2.75, 3.05) is 0 Å². The Morgan fingerprint density at radius 3 is 2.43 bits per heavy atom. The second kappa shape index (κ2) is 3.02. The number of phenolic OH excluding ortho intramolecular Hbond substituents is 1. The summed E-state index contributed by atoms with van der Waals surface area (Å²) in [7, 11) is 0. The zero-order chi connectivity index (χ0) is 10.3. The number of fused-ring (bicyclic) bond motifs is 1. The Morgan fingerprint density at radius 1 is 1.00 bits per heavy atom. The van der Waals surface area contributed by atoms with Crippen LogP contribution in [0.5, 0.6) is 5.75 Å². The Kier molecular flexibility index (Phi) is 1.95. The summed E-state index contributed by atoms with van der Waals surface area (Å²) in [5.41, 5.74) is 3.29. The van der Waals surface area contributed by atoms with Crippen molar-refractivity contribution in [2.45, 2.75) is 20.8 Å². The van der Waals surface area contributed by atoms with E-state index < -0.39 is 0 Å². The smallest absolute Gasteiger partial charge is 0.126 e. The van der Waals surface area contributed by atoms with Crippen molar-refractivity contribution >= 4 is 10.8 Å². The number of hydrogen-bond donors (Lipinski definition) is 1. The van der Waals surface area contributed by atoms with Gasteiger partial charge in [0.15, 0.2) is 0 Å². The van der Waals surface area contributed by atoms with Gasteiger partial charge in [0.25, 0.3) is 0 Å². The summed E-state index contributed by atoms with van der Waals surface area (Å²) in [6.07, 6.45) is 0. The first-order valence-electron chi connectivity index (χ1n) is 4.79. The molecule has 14 heavy (non-hydrogen) atoms. The maximum atomic E-state index is 9.96. The van der Waals surface area contributed by atoms with Crippen molar-refractivity contribution in [3.05, 3.63) is 41.0 Å². The molecular weight excluding hydrogens is 172 g/mol. The number of rotatable bonds is 0. The van der Waals surface area contributed by atoms with Gasteiger partial charge in [-0.2, -0.15) is 0 Å². The van der Waals surface area contributed by atoms with Gasteiger partial charge in [-0.1, -0.05) is 23.8 Å². The average Bonchev–Trinajstić information content (AvgIpc) is 2.16. The molecule has 0 saturated carbocycles. The summed E-state index contributed by atoms with van der Waals surface area (Å²) in [5.74, 6) is 0.420. The van der Waals surface area contributed by atoms with Crippen LogP contribution in [0.25, 0.3) is 10.8 Å². The van der Waals surface area contributed by atoms with Gasteiger partial charge >= 0.3 is 0 Å². The predicted octanol–water partition coefficient (Wildman–Crippen LogP) is 3.47. The molecule has 0 aliphatic carbocycles. The first-order chi connectivity index (χ1) is 6.59. The van der Waals surface area contributed by atoms with E-state index in [1.807, 2.05) is 26.8 Å². The number of hydrogen-bond acceptors (Lipinski definition) is 1. The van der Waals surface area contributed by atoms with E-state index >= 15 is 0 Å². The number of aromatic hydroxyl groups is 1. The second-order valence-corrected chi connectivity index (χ2v) is 3.89. The van der Waals surface area contributed by atoms with Crippen molar-refractivity contribution in [3.63, 3.8) is 0 Å². The second-order valence-electron chi connectivity index (χ2n) is 3.89. The van der Waals surface area contributed by atoms with Crippen LogP contribution in [0.1, 0.15) is 16.7 Å². The molecule has 2 aromatic carbocycles. The van der Waals surface area contributed by atoms with Crippen LogP contribution in [-0.2, 0) is 0 Å². The van der Waals surface area contributed by atoms with Crippen molar-refractivity contribution < 1.29 is 5.11 Å². The lowest BCUT2D eigenvalue weighted by atomic mass is 10.00. The van der Waals surface area contributed by atoms with Crippen LogP contribution in [0, 0.1) is 20.8 Å². The lowest BCUT2D eigenvalue weighted by Crippen LogP contribution is -1.85. The minimum absolute atomic E-state index is 0.420. The fourth-order valence-electron chi connectivity index (χ4n) is 1.73. The maximum Gasteiger partial charge on any atom is 0.126 e. The minimum Gasteiger partial charge on any atom is -0.507 e. The molecule has 1 nitrogen and oxygen atoms in total. The molecule has 0 saturated heterocycles. The summed E-state index contributed by atoms with van der Waals surface area (Å²) >= 11 is 0. The fourth-order valence-corrected chi connectivity index (χ4v) is 1.73. The van der Waals surface area contributed by atoms with Crippen molar-refractivity contribution in [1.29, 1.82) is 0 Å². The molecule has 72 valence electrons. The highest BCUT2D eigenvalue weighted by Gasteiger charge is 2.05. The quantitative estimate of drug-likeness (QED) is 0.668. The number of benzene rings is 2. The van der Waals surface area contributed by atoms with E-state index in [2.05, 4.69) is 18.2 Å². The summed E-state index contributed by atoms with van der Waals surface area (Å²) < 4.78 is 0. The first kappa shape index (κ1) is 9.07. The van der Waals surface area contributed by atoms with Crippen LogP contribution in [0.15, 0.2) is 24.3 Å². The Labute approximate surface area is 84.0 Å². The average molecular weight is 186 g/mol. The highest BCUT2D eigenvalue weighted by atomic mass is 16.3. The van der Waals surface area contributed by atoms with Crippen LogP contribution in [0.4, 0.5) is 0 Å². The van der Waals surface area contributed by atoms with Gasteiger partial charge in [0, 0.05) is 5.39 Å². The van der Waals surface area contributed by atoms with Gasteiger partial charge in [0.1, 0.15) is 5.75 Å². The molecule has 0 aromatic heterocycles. The van der Waals surface area contributed by atoms with Crippen molar-refractivity contribution in [3.8, 4) is 5.75 Å². The summed E-state index contributed by atoms with van der Waals surface area (Å²) in [5, 5.41) is 12.0. The van der Waals surface area contributed by atoms with E-state index in [4.69, 9.17) is 0 Å². The molecule has 0 spiro atoms. The molecule has 0 aliphatic heterocycles. The van der Waals surface area contributed by atoms with Gasteiger partial charge in [-0.25, -0.2) is 0 Å². The van der Waals surface area contributed by atoms with Gasteiger partial charge in [-0.3, -0.25) is 0 Å². The molecule has 1 N–H and O–H groups in total. The summed E-state index contributed by atoms with van der Waals surface area (Å²) in [6, 6.07) is 8.26. The van der Waals surface area contributed by atoms with E-state index in [-0.39, 0.29) is 0 Å². The molecule has 0 amide bonds. The van der Waals surface area contributed by atoms with Crippen LogP contribution >= 0.6 is 0 Å². The van der Waals surface area contributed by atoms with E-state index in [9.17, 15) is 5.11 Å². The van der Waals surface area contributed by atoms with Crippen LogP contribution < -0.4 is 0 Å². The Morgan fingerprint density at radius 2 is 1.71 bits per heavy atom. The standard InChI is InChI=1S/C13H14O/c1-8-4-5-11-7-9(2)10(3)13(14)12(11)6-8/h4-7,14H,1-3H3. The SMILES string of the molecule is Cc1ccc2cc(C)c(C)c(O)c2c1. The third-order valence-electron chi connectivity index (χ3n) is 2.78. The Hall–Kier alpha value is -1.50. The summed E-state index contributed by atoms with van der Waals surface area (Å²) in [6.45, 7) is 6.01. The van der Waals surface area contributed by atoms with Gasteiger partial charge in [-0.05, 0) is 43.4 Å². The third-order valence-corrected chi connectivity index (χ3v) is 2.78. The molecule has 0 fully saturated rings. The van der Waals surface area contributed by atoms with Gasteiger partial charge in [0.05, 0.1) is 0 Å². The molecule has 0 radical (unpaired) electrons. The van der Waals surface area contributed by atoms with E-state index in [1.54, 1.807) is 0 Å². The molecule has 0 heterocycles. The topological polar surface area (TPSA) is 20.2 Å². The number of phenols is 1. The molecule has 0 atom stereocenters. The highest BCUT2D eigenvalue weighted by molar-refractivity contribution is 5.90.